The maximum atomic E-state index is 5.04. The summed E-state index contributed by atoms with van der Waals surface area (Å²) in [5, 5.41) is 2.41. The Balaban J connectivity index is 1.31. The highest BCUT2D eigenvalue weighted by Crippen LogP contribution is 2.35. The smallest absolute Gasteiger partial charge is 0.164 e. The predicted octanol–water partition coefficient (Wildman–Crippen LogP) is 10.4. The van der Waals surface area contributed by atoms with Crippen molar-refractivity contribution in [3.05, 3.63) is 170 Å². The molecule has 8 aromatic rings. The van der Waals surface area contributed by atoms with Crippen LogP contribution < -0.4 is 0 Å². The van der Waals surface area contributed by atoms with Crippen molar-refractivity contribution in [3.8, 4) is 67.5 Å². The van der Waals surface area contributed by atoms with Gasteiger partial charge in [-0.3, -0.25) is 4.98 Å². The summed E-state index contributed by atoms with van der Waals surface area (Å²) in [6.45, 7) is 0. The van der Waals surface area contributed by atoms with Crippen molar-refractivity contribution in [2.75, 3.05) is 0 Å². The fourth-order valence-corrected chi connectivity index (χ4v) is 5.79. The normalized spacial score (nSPS) is 11.0. The molecular weight excluding hydrogens is 560 g/mol. The van der Waals surface area contributed by atoms with E-state index in [1.807, 2.05) is 72.9 Å². The molecule has 0 atom stereocenters. The van der Waals surface area contributed by atoms with E-state index < -0.39 is 0 Å². The van der Waals surface area contributed by atoms with Gasteiger partial charge in [0.1, 0.15) is 0 Å². The summed E-state index contributed by atoms with van der Waals surface area (Å²) in [6, 6.07) is 54.6. The molecule has 0 bridgehead atoms. The molecule has 0 amide bonds. The predicted molar refractivity (Wildman–Crippen MR) is 188 cm³/mol. The highest BCUT2D eigenvalue weighted by molar-refractivity contribution is 5.89. The van der Waals surface area contributed by atoms with Crippen LogP contribution in [0.1, 0.15) is 0 Å². The Hall–Kier alpha value is -6.26. The summed E-state index contributed by atoms with van der Waals surface area (Å²) in [5.74, 6) is 1.91. The van der Waals surface area contributed by atoms with Crippen molar-refractivity contribution in [2.24, 2.45) is 0 Å². The average Bonchev–Trinajstić information content (AvgIpc) is 3.15. The first kappa shape index (κ1) is 27.3. The Morgan fingerprint density at radius 2 is 0.761 bits per heavy atom. The summed E-state index contributed by atoms with van der Waals surface area (Å²) in [7, 11) is 0. The molecule has 0 aliphatic heterocycles. The molecule has 0 saturated heterocycles. The first-order valence-electron chi connectivity index (χ1n) is 15.3. The quantitative estimate of drug-likeness (QED) is 0.194. The Morgan fingerprint density at radius 3 is 1.37 bits per heavy atom. The van der Waals surface area contributed by atoms with Crippen LogP contribution in [0, 0.1) is 0 Å². The molecule has 216 valence electrons. The van der Waals surface area contributed by atoms with E-state index in [0.717, 1.165) is 50.1 Å². The van der Waals surface area contributed by atoms with Crippen molar-refractivity contribution in [2.45, 2.75) is 0 Å². The van der Waals surface area contributed by atoms with Crippen molar-refractivity contribution >= 4 is 10.8 Å². The molecule has 8 rings (SSSR count). The Kier molecular flexibility index (Phi) is 7.14. The number of benzene rings is 6. The van der Waals surface area contributed by atoms with Crippen LogP contribution in [0.25, 0.3) is 78.3 Å². The van der Waals surface area contributed by atoms with Gasteiger partial charge in [-0.15, -0.1) is 0 Å². The SMILES string of the molecule is c1ccc(-c2nc(-c3ccccc3)nc(-c3cc(-c4ccc(-c5cccnc5)cc4)cc(-c4ccc5ccccc5c4)c3)n2)cc1. The summed E-state index contributed by atoms with van der Waals surface area (Å²) < 4.78 is 0. The number of hydrogen-bond acceptors (Lipinski definition) is 4. The summed E-state index contributed by atoms with van der Waals surface area (Å²) in [4.78, 5) is 19.3. The third-order valence-corrected chi connectivity index (χ3v) is 8.19. The number of rotatable bonds is 6. The zero-order valence-electron chi connectivity index (χ0n) is 25.0. The van der Waals surface area contributed by atoms with Gasteiger partial charge in [0.25, 0.3) is 0 Å². The van der Waals surface area contributed by atoms with Gasteiger partial charge < -0.3 is 0 Å². The van der Waals surface area contributed by atoms with Crippen LogP contribution in [0.4, 0.5) is 0 Å². The second-order valence-corrected chi connectivity index (χ2v) is 11.2. The number of nitrogens with zero attached hydrogens (tertiary/aromatic N) is 4. The van der Waals surface area contributed by atoms with Gasteiger partial charge in [-0.1, -0.05) is 127 Å². The molecule has 46 heavy (non-hydrogen) atoms. The van der Waals surface area contributed by atoms with Crippen LogP contribution in [-0.4, -0.2) is 19.9 Å². The second-order valence-electron chi connectivity index (χ2n) is 11.2. The van der Waals surface area contributed by atoms with Gasteiger partial charge in [0, 0.05) is 29.1 Å². The molecule has 0 aliphatic carbocycles. The summed E-state index contributed by atoms with van der Waals surface area (Å²) in [5.41, 5.74) is 9.45. The standard InChI is InChI=1S/C42H28N4/c1-3-11-32(12-4-1)40-44-41(33-13-5-2-6-14-33)46-42(45-40)39-26-37(31-19-17-30(18-20-31)36-16-9-23-43-28-36)25-38(27-39)35-22-21-29-10-7-8-15-34(29)24-35/h1-28H. The third kappa shape index (κ3) is 5.56. The highest BCUT2D eigenvalue weighted by Gasteiger charge is 2.15. The average molecular weight is 589 g/mol. The van der Waals surface area contributed by atoms with E-state index in [4.69, 9.17) is 15.0 Å². The largest absolute Gasteiger partial charge is 0.264 e. The van der Waals surface area contributed by atoms with Gasteiger partial charge in [0.2, 0.25) is 0 Å². The molecule has 4 heteroatoms. The summed E-state index contributed by atoms with van der Waals surface area (Å²) >= 11 is 0. The van der Waals surface area contributed by atoms with Gasteiger partial charge in [0.15, 0.2) is 17.5 Å². The Bertz CT molecular complexity index is 2220. The molecule has 0 radical (unpaired) electrons. The van der Waals surface area contributed by atoms with E-state index in [0.29, 0.717) is 17.5 Å². The lowest BCUT2D eigenvalue weighted by Gasteiger charge is -2.13. The minimum absolute atomic E-state index is 0.628. The minimum Gasteiger partial charge on any atom is -0.264 e. The third-order valence-electron chi connectivity index (χ3n) is 8.19. The number of aromatic nitrogens is 4. The van der Waals surface area contributed by atoms with Crippen LogP contribution in [0.15, 0.2) is 170 Å². The van der Waals surface area contributed by atoms with Crippen molar-refractivity contribution in [1.82, 2.24) is 19.9 Å². The lowest BCUT2D eigenvalue weighted by atomic mass is 9.94. The van der Waals surface area contributed by atoms with Gasteiger partial charge in [-0.2, -0.15) is 0 Å². The van der Waals surface area contributed by atoms with Gasteiger partial charge >= 0.3 is 0 Å². The van der Waals surface area contributed by atoms with Crippen LogP contribution in [0.2, 0.25) is 0 Å². The van der Waals surface area contributed by atoms with E-state index in [1.165, 1.54) is 10.8 Å². The van der Waals surface area contributed by atoms with Gasteiger partial charge in [0.05, 0.1) is 0 Å². The molecule has 0 saturated carbocycles. The monoisotopic (exact) mass is 588 g/mol. The van der Waals surface area contributed by atoms with E-state index in [-0.39, 0.29) is 0 Å². The second kappa shape index (κ2) is 12.0. The minimum atomic E-state index is 0.628. The fourth-order valence-electron chi connectivity index (χ4n) is 5.79. The van der Waals surface area contributed by atoms with E-state index in [9.17, 15) is 0 Å². The first-order chi connectivity index (χ1) is 22.8. The molecule has 4 nitrogen and oxygen atoms in total. The molecule has 0 spiro atoms. The molecule has 0 fully saturated rings. The maximum absolute atomic E-state index is 5.04. The summed E-state index contributed by atoms with van der Waals surface area (Å²) in [6.07, 6.45) is 3.69. The maximum Gasteiger partial charge on any atom is 0.164 e. The van der Waals surface area contributed by atoms with Gasteiger partial charge in [-0.25, -0.2) is 15.0 Å². The van der Waals surface area contributed by atoms with Crippen LogP contribution >= 0.6 is 0 Å². The lowest BCUT2D eigenvalue weighted by molar-refractivity contribution is 1.07. The van der Waals surface area contributed by atoms with Gasteiger partial charge in [-0.05, 0) is 74.5 Å². The lowest BCUT2D eigenvalue weighted by Crippen LogP contribution is -2.00. The molecular formula is C42H28N4. The van der Waals surface area contributed by atoms with Crippen LogP contribution in [0.3, 0.4) is 0 Å². The zero-order chi connectivity index (χ0) is 30.7. The topological polar surface area (TPSA) is 51.6 Å². The molecule has 0 aliphatic rings. The number of pyridine rings is 1. The Labute approximate surface area is 267 Å². The van der Waals surface area contributed by atoms with Crippen molar-refractivity contribution in [3.63, 3.8) is 0 Å². The molecule has 2 heterocycles. The number of hydrogen-bond donors (Lipinski definition) is 0. The number of fused-ring (bicyclic) bond motifs is 1. The molecule has 0 N–H and O–H groups in total. The van der Waals surface area contributed by atoms with E-state index in [1.54, 1.807) is 6.20 Å². The molecule has 0 unspecified atom stereocenters. The van der Waals surface area contributed by atoms with Crippen molar-refractivity contribution in [1.29, 1.82) is 0 Å². The van der Waals surface area contributed by atoms with E-state index >= 15 is 0 Å². The van der Waals surface area contributed by atoms with Crippen LogP contribution in [0.5, 0.6) is 0 Å². The van der Waals surface area contributed by atoms with E-state index in [2.05, 4.69) is 96.0 Å². The zero-order valence-corrected chi connectivity index (χ0v) is 25.0. The van der Waals surface area contributed by atoms with Crippen molar-refractivity contribution < 1.29 is 0 Å². The molecule has 2 aromatic heterocycles. The first-order valence-corrected chi connectivity index (χ1v) is 15.3. The van der Waals surface area contributed by atoms with Crippen LogP contribution in [-0.2, 0) is 0 Å². The highest BCUT2D eigenvalue weighted by atomic mass is 15.0. The molecule has 6 aromatic carbocycles. The fraction of sp³-hybridized carbons (Fsp3) is 0. The Morgan fingerprint density at radius 1 is 0.283 bits per heavy atom.